The van der Waals surface area contributed by atoms with Gasteiger partial charge in [-0.2, -0.15) is 23.5 Å². The predicted molar refractivity (Wildman–Crippen MR) is 136 cm³/mol. The molecule has 1 atom stereocenters. The minimum atomic E-state index is -4.45. The van der Waals surface area contributed by atoms with E-state index in [1.165, 1.54) is 16.9 Å². The Morgan fingerprint density at radius 3 is 2.76 bits per heavy atom. The number of pyridine rings is 1. The van der Waals surface area contributed by atoms with Crippen molar-refractivity contribution < 1.29 is 32.2 Å². The van der Waals surface area contributed by atoms with Crippen LogP contribution in [0.1, 0.15) is 56.6 Å². The van der Waals surface area contributed by atoms with Crippen molar-refractivity contribution in [2.45, 2.75) is 37.9 Å². The number of carbonyl (C=O) groups is 2. The molecule has 41 heavy (non-hydrogen) atoms. The van der Waals surface area contributed by atoms with E-state index >= 15 is 0 Å². The second kappa shape index (κ2) is 9.59. The first kappa shape index (κ1) is 26.8. The van der Waals surface area contributed by atoms with Crippen LogP contribution in [-0.2, 0) is 23.1 Å². The van der Waals surface area contributed by atoms with Gasteiger partial charge >= 0.3 is 6.18 Å². The molecule has 3 aromatic rings. The summed E-state index contributed by atoms with van der Waals surface area (Å²) in [6.07, 6.45) is -1.82. The number of ether oxygens (including phenoxy) is 2. The number of aryl methyl sites for hydroxylation is 1. The number of nitrogens with zero attached hydrogens (tertiary/aromatic N) is 4. The van der Waals surface area contributed by atoms with Gasteiger partial charge in [-0.05, 0) is 48.2 Å². The maximum absolute atomic E-state index is 13.7. The van der Waals surface area contributed by atoms with E-state index in [0.717, 1.165) is 11.1 Å². The van der Waals surface area contributed by atoms with E-state index in [0.29, 0.717) is 43.9 Å². The molecule has 0 unspecified atom stereocenters. The Bertz CT molecular complexity index is 1590. The molecule has 1 saturated heterocycles. The fourth-order valence-electron chi connectivity index (χ4n) is 5.61. The molecule has 4 heterocycles. The van der Waals surface area contributed by atoms with Crippen LogP contribution in [0.25, 0.3) is 5.82 Å². The van der Waals surface area contributed by atoms with Gasteiger partial charge in [0.25, 0.3) is 11.8 Å². The molecule has 2 aliphatic heterocycles. The summed E-state index contributed by atoms with van der Waals surface area (Å²) >= 11 is 0. The number of carbonyl (C=O) groups excluding carboxylic acids is 2. The number of amides is 2. The Balaban J connectivity index is 1.35. The fraction of sp³-hybridized carbons (Fsp3) is 0.393. The first-order valence-corrected chi connectivity index (χ1v) is 13.0. The van der Waals surface area contributed by atoms with E-state index in [-0.39, 0.29) is 34.7 Å². The summed E-state index contributed by atoms with van der Waals surface area (Å²) in [7, 11) is 0. The summed E-state index contributed by atoms with van der Waals surface area (Å²) in [4.78, 5) is 31.5. The summed E-state index contributed by atoms with van der Waals surface area (Å²) in [6, 6.07) is 9.80. The molecule has 1 aromatic carbocycles. The van der Waals surface area contributed by atoms with Crippen molar-refractivity contribution in [3.63, 3.8) is 0 Å². The molecule has 1 aliphatic carbocycles. The van der Waals surface area contributed by atoms with Gasteiger partial charge in [-0.1, -0.05) is 13.0 Å². The highest BCUT2D eigenvalue weighted by Gasteiger charge is 2.47. The third-order valence-electron chi connectivity index (χ3n) is 7.71. The highest BCUT2D eigenvalue weighted by molar-refractivity contribution is 6.08. The summed E-state index contributed by atoms with van der Waals surface area (Å²) in [6.45, 7) is 1.94. The minimum Gasteiger partial charge on any atom is -0.484 e. The van der Waals surface area contributed by atoms with Crippen molar-refractivity contribution >= 4 is 11.8 Å². The highest BCUT2D eigenvalue weighted by atomic mass is 19.4. The van der Waals surface area contributed by atoms with Crippen LogP contribution >= 0.6 is 0 Å². The highest BCUT2D eigenvalue weighted by Crippen LogP contribution is 2.44. The minimum absolute atomic E-state index is 0.0301. The fourth-order valence-corrected chi connectivity index (χ4v) is 5.61. The number of hydrogen-bond acceptors (Lipinski definition) is 7. The van der Waals surface area contributed by atoms with Crippen molar-refractivity contribution in [3.8, 4) is 17.6 Å². The van der Waals surface area contributed by atoms with E-state index in [1.807, 2.05) is 13.0 Å². The number of rotatable bonds is 6. The van der Waals surface area contributed by atoms with Gasteiger partial charge in [-0.3, -0.25) is 9.59 Å². The molecule has 212 valence electrons. The number of halogens is 3. The van der Waals surface area contributed by atoms with E-state index in [1.54, 1.807) is 24.3 Å². The molecule has 3 aliphatic rings. The first-order valence-electron chi connectivity index (χ1n) is 13.0. The molecular weight excluding hydrogens is 541 g/mol. The zero-order valence-corrected chi connectivity index (χ0v) is 22.0. The molecule has 2 aromatic heterocycles. The third-order valence-corrected chi connectivity index (χ3v) is 7.71. The normalized spacial score (nSPS) is 20.4. The van der Waals surface area contributed by atoms with Crippen LogP contribution in [0.2, 0.25) is 0 Å². The van der Waals surface area contributed by atoms with Gasteiger partial charge < -0.3 is 20.1 Å². The first-order chi connectivity index (χ1) is 19.5. The largest absolute Gasteiger partial charge is 0.484 e. The number of nitrogens with one attached hydrogen (secondary N) is 2. The smallest absolute Gasteiger partial charge is 0.422 e. The Labute approximate surface area is 232 Å². The van der Waals surface area contributed by atoms with Crippen molar-refractivity contribution in [2.75, 3.05) is 26.4 Å². The van der Waals surface area contributed by atoms with Crippen molar-refractivity contribution in [1.82, 2.24) is 25.4 Å². The van der Waals surface area contributed by atoms with Gasteiger partial charge in [-0.15, -0.1) is 0 Å². The van der Waals surface area contributed by atoms with Gasteiger partial charge in [0.2, 0.25) is 0 Å². The average molecular weight is 567 g/mol. The van der Waals surface area contributed by atoms with Gasteiger partial charge in [0, 0.05) is 24.6 Å². The van der Waals surface area contributed by atoms with Crippen molar-refractivity contribution in [3.05, 3.63) is 70.2 Å². The van der Waals surface area contributed by atoms with E-state index < -0.39 is 30.1 Å². The lowest BCUT2D eigenvalue weighted by atomic mass is 9.82. The van der Waals surface area contributed by atoms with Crippen LogP contribution in [0.5, 0.6) is 5.75 Å². The number of nitriles is 1. The number of hydrogen-bond donors (Lipinski definition) is 2. The lowest BCUT2D eigenvalue weighted by Gasteiger charge is -2.38. The molecule has 2 amide bonds. The van der Waals surface area contributed by atoms with Crippen LogP contribution in [0.15, 0.2) is 36.5 Å². The summed E-state index contributed by atoms with van der Waals surface area (Å²) < 4.78 is 49.4. The second-order valence-electron chi connectivity index (χ2n) is 11.0. The Kier molecular flexibility index (Phi) is 6.26. The monoisotopic (exact) mass is 566 g/mol. The van der Waals surface area contributed by atoms with Crippen LogP contribution in [0.3, 0.4) is 0 Å². The number of alkyl halides is 3. The second-order valence-corrected chi connectivity index (χ2v) is 11.0. The lowest BCUT2D eigenvalue weighted by molar-refractivity contribution is -0.153. The van der Waals surface area contributed by atoms with E-state index in [2.05, 4.69) is 20.7 Å². The zero-order valence-electron chi connectivity index (χ0n) is 22.0. The molecule has 2 N–H and O–H groups in total. The summed E-state index contributed by atoms with van der Waals surface area (Å²) in [5.41, 5.74) is 1.37. The number of fused-ring (bicyclic) bond motifs is 3. The predicted octanol–water partition coefficient (Wildman–Crippen LogP) is 2.97. The van der Waals surface area contributed by atoms with E-state index in [9.17, 15) is 22.8 Å². The van der Waals surface area contributed by atoms with Crippen LogP contribution in [0, 0.1) is 16.7 Å². The molecule has 13 heteroatoms. The molecule has 10 nitrogen and oxygen atoms in total. The number of aromatic nitrogens is 3. The van der Waals surface area contributed by atoms with Crippen LogP contribution < -0.4 is 15.4 Å². The van der Waals surface area contributed by atoms with Gasteiger partial charge in [0.1, 0.15) is 17.5 Å². The molecule has 0 radical (unpaired) electrons. The molecule has 1 fully saturated rings. The molecule has 1 spiro atoms. The summed E-state index contributed by atoms with van der Waals surface area (Å²) in [5, 5.41) is 19.8. The summed E-state index contributed by atoms with van der Waals surface area (Å²) in [5.74, 6) is -0.620. The van der Waals surface area contributed by atoms with Gasteiger partial charge in [0.05, 0.1) is 35.6 Å². The maximum atomic E-state index is 13.7. The Morgan fingerprint density at radius 2 is 2.10 bits per heavy atom. The zero-order chi connectivity index (χ0) is 29.0. The van der Waals surface area contributed by atoms with Crippen molar-refractivity contribution in [1.29, 1.82) is 5.26 Å². The van der Waals surface area contributed by atoms with Crippen LogP contribution in [-0.4, -0.2) is 59.1 Å². The topological polar surface area (TPSA) is 131 Å². The van der Waals surface area contributed by atoms with Gasteiger partial charge in [0.15, 0.2) is 12.4 Å². The maximum Gasteiger partial charge on any atom is 0.422 e. The van der Waals surface area contributed by atoms with Gasteiger partial charge in [-0.25, -0.2) is 9.67 Å². The standard InChI is InChI=1S/C28H25F3N6O4/c1-26(13-40-14-26)12-34-25(39)23-22-20(36-37(23)21-5-2-16(10-32)11-33-21)9-27(35-24(22)38)7-6-17-8-18(3-4-19(17)27)41-15-28(29,30)31/h2-5,8,11H,6-7,9,12-15H2,1H3,(H,34,39)(H,35,38)/t27-/m0/s1. The molecule has 6 rings (SSSR count). The third kappa shape index (κ3) is 4.88. The average Bonchev–Trinajstić information content (AvgIpc) is 3.48. The lowest BCUT2D eigenvalue weighted by Crippen LogP contribution is -2.51. The SMILES string of the molecule is CC1(CNC(=O)c2c3c(nn2-c2ccc(C#N)cn2)C[C@]2(CCc4cc(OCC(F)(F)F)ccc42)NC3=O)COC1. The van der Waals surface area contributed by atoms with Crippen molar-refractivity contribution in [2.24, 2.45) is 5.41 Å². The molecule has 0 saturated carbocycles. The Hall–Kier alpha value is -4.44. The van der Waals surface area contributed by atoms with E-state index in [4.69, 9.17) is 14.7 Å². The van der Waals surface area contributed by atoms with Crippen LogP contribution in [0.4, 0.5) is 13.2 Å². The Morgan fingerprint density at radius 1 is 1.29 bits per heavy atom. The number of benzene rings is 1. The molecule has 0 bridgehead atoms. The molecular formula is C28H25F3N6O4. The quantitative estimate of drug-likeness (QED) is 0.469.